The molecule has 1 aromatic carbocycles. The molecule has 120 valence electrons. The van der Waals surface area contributed by atoms with Gasteiger partial charge in [0.25, 0.3) is 0 Å². The molecule has 1 rings (SSSR count). The highest BCUT2D eigenvalue weighted by molar-refractivity contribution is 7.49. The van der Waals surface area contributed by atoms with E-state index in [1.54, 1.807) is 12.1 Å². The van der Waals surface area contributed by atoms with Crippen LogP contribution in [0.1, 0.15) is 54.4 Å². The number of benzene rings is 1. The molecule has 0 aliphatic carbocycles. The fourth-order valence-corrected chi connectivity index (χ4v) is 3.36. The molecule has 5 heteroatoms. The summed E-state index contributed by atoms with van der Waals surface area (Å²) in [5.74, 6) is 0.472. The van der Waals surface area contributed by atoms with Crippen LogP contribution >= 0.6 is 7.82 Å². The van der Waals surface area contributed by atoms with Crippen LogP contribution in [-0.2, 0) is 13.6 Å². The topological polar surface area (TPSA) is 44.8 Å². The molecule has 21 heavy (non-hydrogen) atoms. The maximum Gasteiger partial charge on any atom is 0.531 e. The number of rotatable bonds is 8. The minimum Gasteiger partial charge on any atom is -0.404 e. The number of hydrogen-bond acceptors (Lipinski definition) is 4. The van der Waals surface area contributed by atoms with Crippen LogP contribution in [0.25, 0.3) is 0 Å². The predicted molar refractivity (Wildman–Crippen MR) is 85.6 cm³/mol. The minimum atomic E-state index is -3.72. The largest absolute Gasteiger partial charge is 0.531 e. The Bertz CT molecular complexity index is 460. The monoisotopic (exact) mass is 314 g/mol. The normalized spacial score (nSPS) is 13.2. The maximum absolute atomic E-state index is 13.1. The smallest absolute Gasteiger partial charge is 0.404 e. The first-order valence-corrected chi connectivity index (χ1v) is 8.84. The Morgan fingerprint density at radius 3 is 1.71 bits per heavy atom. The van der Waals surface area contributed by atoms with E-state index in [4.69, 9.17) is 13.6 Å². The van der Waals surface area contributed by atoms with Gasteiger partial charge in [-0.1, -0.05) is 32.0 Å². The maximum atomic E-state index is 13.1. The summed E-state index contributed by atoms with van der Waals surface area (Å²) in [4.78, 5) is 0. The minimum absolute atomic E-state index is 0.472. The molecule has 0 fully saturated rings. The molecule has 0 aliphatic heterocycles. The van der Waals surface area contributed by atoms with E-state index in [0.717, 1.165) is 0 Å². The van der Waals surface area contributed by atoms with Gasteiger partial charge in [0, 0.05) is 0 Å². The fraction of sp³-hybridized carbons (Fsp3) is 0.625. The van der Waals surface area contributed by atoms with Gasteiger partial charge in [0.15, 0.2) is 0 Å². The van der Waals surface area contributed by atoms with Crippen molar-refractivity contribution in [3.05, 3.63) is 30.3 Å². The van der Waals surface area contributed by atoms with Gasteiger partial charge in [-0.15, -0.1) is 0 Å². The Hall–Kier alpha value is -0.830. The number of phosphoric acid groups is 1. The standard InChI is InChI=1S/C16H27O4P/c1-7-15(3,4)19-21(17,20-16(5,6)8-2)18-14-12-10-9-11-13-14/h9-13H,7-8H2,1-6H3. The van der Waals surface area contributed by atoms with E-state index in [9.17, 15) is 4.57 Å². The third kappa shape index (κ3) is 6.21. The summed E-state index contributed by atoms with van der Waals surface area (Å²) in [5.41, 5.74) is -1.18. The molecule has 0 N–H and O–H groups in total. The highest BCUT2D eigenvalue weighted by Crippen LogP contribution is 2.56. The summed E-state index contributed by atoms with van der Waals surface area (Å²) < 4.78 is 30.1. The lowest BCUT2D eigenvalue weighted by molar-refractivity contribution is 0.00436. The molecule has 0 aliphatic rings. The molecule has 0 saturated heterocycles. The van der Waals surface area contributed by atoms with Crippen LogP contribution in [0, 0.1) is 0 Å². The van der Waals surface area contributed by atoms with Gasteiger partial charge in [-0.25, -0.2) is 4.57 Å². The second kappa shape index (κ2) is 6.95. The lowest BCUT2D eigenvalue weighted by Gasteiger charge is -2.33. The van der Waals surface area contributed by atoms with Gasteiger partial charge in [0.2, 0.25) is 0 Å². The third-order valence-electron chi connectivity index (χ3n) is 3.38. The first-order valence-electron chi connectivity index (χ1n) is 7.37. The van der Waals surface area contributed by atoms with Crippen LogP contribution in [-0.4, -0.2) is 11.2 Å². The van der Waals surface area contributed by atoms with Crippen LogP contribution in [0.4, 0.5) is 0 Å². The summed E-state index contributed by atoms with van der Waals surface area (Å²) in [6.45, 7) is 11.4. The Morgan fingerprint density at radius 1 is 0.905 bits per heavy atom. The summed E-state index contributed by atoms with van der Waals surface area (Å²) in [6.07, 6.45) is 1.40. The average molecular weight is 314 g/mol. The summed E-state index contributed by atoms with van der Waals surface area (Å²) >= 11 is 0. The van der Waals surface area contributed by atoms with E-state index in [-0.39, 0.29) is 0 Å². The van der Waals surface area contributed by atoms with Crippen molar-refractivity contribution in [1.82, 2.24) is 0 Å². The van der Waals surface area contributed by atoms with E-state index in [2.05, 4.69) is 0 Å². The molecule has 0 radical (unpaired) electrons. The van der Waals surface area contributed by atoms with Gasteiger partial charge < -0.3 is 4.52 Å². The zero-order chi connectivity index (χ0) is 16.1. The summed E-state index contributed by atoms with van der Waals surface area (Å²) in [5, 5.41) is 0. The van der Waals surface area contributed by atoms with Crippen molar-refractivity contribution in [3.63, 3.8) is 0 Å². The Balaban J connectivity index is 3.02. The van der Waals surface area contributed by atoms with Crippen LogP contribution in [0.2, 0.25) is 0 Å². The zero-order valence-electron chi connectivity index (χ0n) is 13.9. The van der Waals surface area contributed by atoms with Crippen molar-refractivity contribution in [1.29, 1.82) is 0 Å². The number of hydrogen-bond donors (Lipinski definition) is 0. The highest BCUT2D eigenvalue weighted by Gasteiger charge is 2.40. The second-order valence-corrected chi connectivity index (χ2v) is 7.70. The van der Waals surface area contributed by atoms with Crippen LogP contribution < -0.4 is 4.52 Å². The van der Waals surface area contributed by atoms with Crippen LogP contribution in [0.3, 0.4) is 0 Å². The van der Waals surface area contributed by atoms with Crippen molar-refractivity contribution in [2.75, 3.05) is 0 Å². The molecular weight excluding hydrogens is 287 g/mol. The Kier molecular flexibility index (Phi) is 6.03. The Labute approximate surface area is 128 Å². The molecule has 4 nitrogen and oxygen atoms in total. The summed E-state index contributed by atoms with van der Waals surface area (Å²) in [6, 6.07) is 8.96. The van der Waals surface area contributed by atoms with Crippen molar-refractivity contribution in [3.8, 4) is 5.75 Å². The van der Waals surface area contributed by atoms with Crippen LogP contribution in [0.15, 0.2) is 30.3 Å². The predicted octanol–water partition coefficient (Wildman–Crippen LogP) is 5.58. The van der Waals surface area contributed by atoms with E-state index < -0.39 is 19.0 Å². The molecule has 0 saturated carbocycles. The molecule has 0 spiro atoms. The van der Waals surface area contributed by atoms with Crippen molar-refractivity contribution in [2.45, 2.75) is 65.6 Å². The van der Waals surface area contributed by atoms with Gasteiger partial charge in [-0.05, 0) is 52.7 Å². The molecule has 0 bridgehead atoms. The Morgan fingerprint density at radius 2 is 1.33 bits per heavy atom. The van der Waals surface area contributed by atoms with Gasteiger partial charge in [0.1, 0.15) is 5.75 Å². The first kappa shape index (κ1) is 18.2. The van der Waals surface area contributed by atoms with Crippen molar-refractivity contribution < 1.29 is 18.1 Å². The lowest BCUT2D eigenvalue weighted by Crippen LogP contribution is -2.28. The van der Waals surface area contributed by atoms with Crippen molar-refractivity contribution in [2.24, 2.45) is 0 Å². The molecular formula is C16H27O4P. The van der Waals surface area contributed by atoms with Gasteiger partial charge in [-0.3, -0.25) is 9.05 Å². The van der Waals surface area contributed by atoms with E-state index in [1.807, 2.05) is 59.7 Å². The molecule has 1 aromatic rings. The van der Waals surface area contributed by atoms with E-state index >= 15 is 0 Å². The zero-order valence-corrected chi connectivity index (χ0v) is 14.8. The molecule has 0 atom stereocenters. The van der Waals surface area contributed by atoms with Gasteiger partial charge >= 0.3 is 7.82 Å². The second-order valence-electron chi connectivity index (χ2n) is 6.26. The van der Waals surface area contributed by atoms with E-state index in [0.29, 0.717) is 18.6 Å². The molecule has 0 amide bonds. The molecule has 0 unspecified atom stereocenters. The van der Waals surface area contributed by atoms with Crippen LogP contribution in [0.5, 0.6) is 5.75 Å². The highest BCUT2D eigenvalue weighted by atomic mass is 31.2. The fourth-order valence-electron chi connectivity index (χ4n) is 1.40. The average Bonchev–Trinajstić information content (AvgIpc) is 2.38. The first-order chi connectivity index (χ1) is 9.61. The molecule has 0 heterocycles. The number of phosphoric ester groups is 1. The van der Waals surface area contributed by atoms with Gasteiger partial charge in [0.05, 0.1) is 11.2 Å². The summed E-state index contributed by atoms with van der Waals surface area (Å²) in [7, 11) is -3.72. The van der Waals surface area contributed by atoms with E-state index in [1.165, 1.54) is 0 Å². The SMILES string of the molecule is CCC(C)(C)OP(=O)(Oc1ccccc1)OC(C)(C)CC. The lowest BCUT2D eigenvalue weighted by atomic mass is 10.1. The third-order valence-corrected chi connectivity index (χ3v) is 5.25. The quantitative estimate of drug-likeness (QED) is 0.587. The number of para-hydroxylation sites is 1. The van der Waals surface area contributed by atoms with Gasteiger partial charge in [-0.2, -0.15) is 0 Å². The van der Waals surface area contributed by atoms with Crippen molar-refractivity contribution >= 4 is 7.82 Å². The molecule has 0 aromatic heterocycles.